The maximum Gasteiger partial charge on any atom is 0.236 e. The standard InChI is InChI=1S/C12H13N5O/c1-8-15-16-11(18-8)7-17-6-9(5-13)10-3-2-4-14-12(10)17/h2-4,6H,5,7,13H2,1H3. The normalized spacial score (nSPS) is 11.2. The van der Waals surface area contributed by atoms with Gasteiger partial charge >= 0.3 is 0 Å². The van der Waals surface area contributed by atoms with Gasteiger partial charge in [-0.1, -0.05) is 0 Å². The molecule has 3 heterocycles. The molecule has 2 N–H and O–H groups in total. The topological polar surface area (TPSA) is 82.8 Å². The van der Waals surface area contributed by atoms with Crippen LogP contribution in [0, 0.1) is 6.92 Å². The predicted octanol–water partition coefficient (Wildman–Crippen LogP) is 1.23. The number of rotatable bonds is 3. The number of pyridine rings is 1. The first-order valence-electron chi connectivity index (χ1n) is 5.69. The van der Waals surface area contributed by atoms with Crippen molar-refractivity contribution in [1.29, 1.82) is 0 Å². The molecule has 6 nitrogen and oxygen atoms in total. The lowest BCUT2D eigenvalue weighted by Gasteiger charge is -1.99. The van der Waals surface area contributed by atoms with E-state index in [0.29, 0.717) is 24.9 Å². The molecule has 0 radical (unpaired) electrons. The minimum Gasteiger partial charge on any atom is -0.424 e. The fourth-order valence-electron chi connectivity index (χ4n) is 2.03. The lowest BCUT2D eigenvalue weighted by Crippen LogP contribution is -1.99. The smallest absolute Gasteiger partial charge is 0.236 e. The maximum absolute atomic E-state index is 5.73. The first-order valence-corrected chi connectivity index (χ1v) is 5.69. The van der Waals surface area contributed by atoms with Crippen LogP contribution in [0.4, 0.5) is 0 Å². The molecule has 18 heavy (non-hydrogen) atoms. The molecule has 0 aromatic carbocycles. The van der Waals surface area contributed by atoms with E-state index in [1.54, 1.807) is 13.1 Å². The molecule has 92 valence electrons. The van der Waals surface area contributed by atoms with Gasteiger partial charge in [0.15, 0.2) is 0 Å². The molecule has 0 amide bonds. The van der Waals surface area contributed by atoms with Crippen LogP contribution in [0.15, 0.2) is 28.9 Å². The van der Waals surface area contributed by atoms with Crippen LogP contribution in [0.25, 0.3) is 11.0 Å². The van der Waals surface area contributed by atoms with Gasteiger partial charge in [0.2, 0.25) is 11.8 Å². The molecule has 0 saturated carbocycles. The second-order valence-corrected chi connectivity index (χ2v) is 4.08. The van der Waals surface area contributed by atoms with E-state index in [4.69, 9.17) is 10.2 Å². The summed E-state index contributed by atoms with van der Waals surface area (Å²) in [5.74, 6) is 1.13. The summed E-state index contributed by atoms with van der Waals surface area (Å²) >= 11 is 0. The molecule has 0 aliphatic heterocycles. The summed E-state index contributed by atoms with van der Waals surface area (Å²) < 4.78 is 7.35. The lowest BCUT2D eigenvalue weighted by atomic mass is 10.2. The Morgan fingerprint density at radius 3 is 3.00 bits per heavy atom. The average Bonchev–Trinajstić information content (AvgIpc) is 2.95. The van der Waals surface area contributed by atoms with E-state index in [2.05, 4.69) is 15.2 Å². The number of hydrogen-bond acceptors (Lipinski definition) is 5. The molecule has 3 aromatic heterocycles. The number of aromatic nitrogens is 4. The van der Waals surface area contributed by atoms with Gasteiger partial charge in [0, 0.05) is 31.2 Å². The fraction of sp³-hybridized carbons (Fsp3) is 0.250. The molecule has 0 aliphatic rings. The van der Waals surface area contributed by atoms with Crippen LogP contribution in [0.2, 0.25) is 0 Å². The predicted molar refractivity (Wildman–Crippen MR) is 65.8 cm³/mol. The second kappa shape index (κ2) is 4.23. The van der Waals surface area contributed by atoms with E-state index >= 15 is 0 Å². The van der Waals surface area contributed by atoms with Crippen molar-refractivity contribution in [3.8, 4) is 0 Å². The van der Waals surface area contributed by atoms with Gasteiger partial charge in [-0.15, -0.1) is 10.2 Å². The number of aryl methyl sites for hydroxylation is 1. The Morgan fingerprint density at radius 1 is 1.39 bits per heavy atom. The van der Waals surface area contributed by atoms with Crippen LogP contribution in [-0.4, -0.2) is 19.7 Å². The minimum atomic E-state index is 0.484. The molecule has 3 rings (SSSR count). The van der Waals surface area contributed by atoms with Crippen molar-refractivity contribution in [3.05, 3.63) is 41.9 Å². The summed E-state index contributed by atoms with van der Waals surface area (Å²) in [6.45, 7) is 2.76. The highest BCUT2D eigenvalue weighted by Crippen LogP contribution is 2.19. The zero-order valence-electron chi connectivity index (χ0n) is 10.00. The molecule has 3 aromatic rings. The molecule has 0 spiro atoms. The summed E-state index contributed by atoms with van der Waals surface area (Å²) in [6.07, 6.45) is 3.75. The SMILES string of the molecule is Cc1nnc(Cn2cc(CN)c3cccnc32)o1. The zero-order valence-corrected chi connectivity index (χ0v) is 10.00. The first-order chi connectivity index (χ1) is 8.78. The van der Waals surface area contributed by atoms with Crippen LogP contribution >= 0.6 is 0 Å². The van der Waals surface area contributed by atoms with E-state index in [1.807, 2.05) is 22.9 Å². The Hall–Kier alpha value is -2.21. The van der Waals surface area contributed by atoms with Crippen molar-refractivity contribution in [2.45, 2.75) is 20.0 Å². The summed E-state index contributed by atoms with van der Waals surface area (Å²) in [7, 11) is 0. The average molecular weight is 243 g/mol. The van der Waals surface area contributed by atoms with Crippen molar-refractivity contribution in [2.75, 3.05) is 0 Å². The molecule has 6 heteroatoms. The highest BCUT2D eigenvalue weighted by molar-refractivity contribution is 5.80. The molecular weight excluding hydrogens is 230 g/mol. The number of fused-ring (bicyclic) bond motifs is 1. The monoisotopic (exact) mass is 243 g/mol. The largest absolute Gasteiger partial charge is 0.424 e. The van der Waals surface area contributed by atoms with Crippen molar-refractivity contribution in [1.82, 2.24) is 19.7 Å². The van der Waals surface area contributed by atoms with E-state index < -0.39 is 0 Å². The van der Waals surface area contributed by atoms with E-state index in [9.17, 15) is 0 Å². The van der Waals surface area contributed by atoms with Crippen LogP contribution < -0.4 is 5.73 Å². The molecule has 0 atom stereocenters. The molecule has 0 bridgehead atoms. The first kappa shape index (κ1) is 10.9. The molecule has 0 aliphatic carbocycles. The van der Waals surface area contributed by atoms with Gasteiger partial charge in [-0.3, -0.25) is 0 Å². The van der Waals surface area contributed by atoms with Crippen LogP contribution in [0.1, 0.15) is 17.3 Å². The Kier molecular flexibility index (Phi) is 2.56. The Morgan fingerprint density at radius 2 is 2.28 bits per heavy atom. The number of hydrogen-bond donors (Lipinski definition) is 1. The summed E-state index contributed by atoms with van der Waals surface area (Å²) in [5, 5.41) is 8.87. The molecular formula is C12H13N5O. The van der Waals surface area contributed by atoms with Crippen LogP contribution in [0.5, 0.6) is 0 Å². The minimum absolute atomic E-state index is 0.484. The third-order valence-corrected chi connectivity index (χ3v) is 2.81. The molecule has 0 saturated heterocycles. The van der Waals surface area contributed by atoms with Crippen LogP contribution in [-0.2, 0) is 13.1 Å². The van der Waals surface area contributed by atoms with Gasteiger partial charge < -0.3 is 14.7 Å². The van der Waals surface area contributed by atoms with Gasteiger partial charge in [0.1, 0.15) is 12.2 Å². The van der Waals surface area contributed by atoms with Crippen molar-refractivity contribution in [2.24, 2.45) is 5.73 Å². The van der Waals surface area contributed by atoms with Crippen molar-refractivity contribution >= 4 is 11.0 Å². The van der Waals surface area contributed by atoms with Gasteiger partial charge in [-0.2, -0.15) is 0 Å². The van der Waals surface area contributed by atoms with Crippen LogP contribution in [0.3, 0.4) is 0 Å². The Bertz CT molecular complexity index is 685. The second-order valence-electron chi connectivity index (χ2n) is 4.08. The quantitative estimate of drug-likeness (QED) is 0.748. The highest BCUT2D eigenvalue weighted by atomic mass is 16.4. The number of nitrogens with zero attached hydrogens (tertiary/aromatic N) is 4. The maximum atomic E-state index is 5.73. The molecule has 0 unspecified atom stereocenters. The Balaban J connectivity index is 2.06. The van der Waals surface area contributed by atoms with Gasteiger partial charge in [0.05, 0.1) is 0 Å². The third-order valence-electron chi connectivity index (χ3n) is 2.81. The van der Waals surface area contributed by atoms with E-state index in [1.165, 1.54) is 0 Å². The third kappa shape index (κ3) is 1.76. The molecule has 0 fully saturated rings. The Labute approximate surface area is 103 Å². The van der Waals surface area contributed by atoms with Gasteiger partial charge in [-0.25, -0.2) is 4.98 Å². The van der Waals surface area contributed by atoms with E-state index in [0.717, 1.165) is 16.6 Å². The van der Waals surface area contributed by atoms with E-state index in [-0.39, 0.29) is 0 Å². The van der Waals surface area contributed by atoms with Gasteiger partial charge in [0.25, 0.3) is 0 Å². The summed E-state index contributed by atoms with van der Waals surface area (Å²) in [4.78, 5) is 4.37. The van der Waals surface area contributed by atoms with Gasteiger partial charge in [-0.05, 0) is 17.7 Å². The van der Waals surface area contributed by atoms with Crippen molar-refractivity contribution < 1.29 is 4.42 Å². The lowest BCUT2D eigenvalue weighted by molar-refractivity contribution is 0.456. The summed E-state index contributed by atoms with van der Waals surface area (Å²) in [6, 6.07) is 3.92. The summed E-state index contributed by atoms with van der Waals surface area (Å²) in [5.41, 5.74) is 7.68. The fourth-order valence-corrected chi connectivity index (χ4v) is 2.03. The highest BCUT2D eigenvalue weighted by Gasteiger charge is 2.10. The number of nitrogens with two attached hydrogens (primary N) is 1. The van der Waals surface area contributed by atoms with Crippen molar-refractivity contribution in [3.63, 3.8) is 0 Å². The zero-order chi connectivity index (χ0) is 12.5.